The highest BCUT2D eigenvalue weighted by Gasteiger charge is 2.11. The van der Waals surface area contributed by atoms with Gasteiger partial charge in [0.1, 0.15) is 11.4 Å². The average Bonchev–Trinajstić information content (AvgIpc) is 2.64. The molecule has 0 bridgehead atoms. The number of carbonyl (C=O) groups excluding carboxylic acids is 1. The minimum atomic E-state index is -0.359. The number of ether oxygens (including phenoxy) is 1. The van der Waals surface area contributed by atoms with E-state index in [-0.39, 0.29) is 17.2 Å². The molecule has 25 heavy (non-hydrogen) atoms. The Kier molecular flexibility index (Phi) is 6.71. The standard InChI is InChI=1S/C18H24N4O3/c1-4-21(5-2)12-13-22-17(23)11-10-16(20-22)18(24)19-14-6-8-15(25-3)9-7-14/h6-11H,4-5,12-13H2,1-3H3,(H,19,24). The van der Waals surface area contributed by atoms with E-state index >= 15 is 0 Å². The summed E-state index contributed by atoms with van der Waals surface area (Å²) in [6.45, 7) is 7.11. The lowest BCUT2D eigenvalue weighted by Gasteiger charge is -2.18. The van der Waals surface area contributed by atoms with Crippen LogP contribution in [0.4, 0.5) is 5.69 Å². The summed E-state index contributed by atoms with van der Waals surface area (Å²) in [7, 11) is 1.58. The number of anilines is 1. The van der Waals surface area contributed by atoms with Crippen LogP contribution in [-0.4, -0.2) is 47.3 Å². The van der Waals surface area contributed by atoms with Crippen molar-refractivity contribution in [1.29, 1.82) is 0 Å². The summed E-state index contributed by atoms with van der Waals surface area (Å²) >= 11 is 0. The van der Waals surface area contributed by atoms with E-state index in [1.807, 2.05) is 0 Å². The van der Waals surface area contributed by atoms with Crippen LogP contribution >= 0.6 is 0 Å². The molecule has 1 heterocycles. The summed E-state index contributed by atoms with van der Waals surface area (Å²) in [5.74, 6) is 0.350. The minimum absolute atomic E-state index is 0.204. The van der Waals surface area contributed by atoms with Gasteiger partial charge in [-0.2, -0.15) is 5.10 Å². The molecular weight excluding hydrogens is 320 g/mol. The predicted molar refractivity (Wildman–Crippen MR) is 97.2 cm³/mol. The first-order valence-corrected chi connectivity index (χ1v) is 8.33. The van der Waals surface area contributed by atoms with E-state index in [1.54, 1.807) is 31.4 Å². The van der Waals surface area contributed by atoms with Crippen molar-refractivity contribution in [3.63, 3.8) is 0 Å². The quantitative estimate of drug-likeness (QED) is 0.791. The highest BCUT2D eigenvalue weighted by Crippen LogP contribution is 2.15. The van der Waals surface area contributed by atoms with Crippen LogP contribution in [-0.2, 0) is 6.54 Å². The zero-order chi connectivity index (χ0) is 18.2. The molecule has 0 unspecified atom stereocenters. The summed E-state index contributed by atoms with van der Waals surface area (Å²) in [4.78, 5) is 26.5. The zero-order valence-corrected chi connectivity index (χ0v) is 14.9. The smallest absolute Gasteiger partial charge is 0.276 e. The average molecular weight is 344 g/mol. The third-order valence-electron chi connectivity index (χ3n) is 3.97. The van der Waals surface area contributed by atoms with Crippen LogP contribution in [0.1, 0.15) is 24.3 Å². The van der Waals surface area contributed by atoms with Gasteiger partial charge >= 0.3 is 0 Å². The molecule has 1 aromatic heterocycles. The van der Waals surface area contributed by atoms with Crippen LogP contribution in [0.3, 0.4) is 0 Å². The third-order valence-corrected chi connectivity index (χ3v) is 3.97. The van der Waals surface area contributed by atoms with Gasteiger partial charge in [-0.1, -0.05) is 13.8 Å². The van der Waals surface area contributed by atoms with E-state index in [0.29, 0.717) is 24.5 Å². The summed E-state index contributed by atoms with van der Waals surface area (Å²) in [5, 5.41) is 6.94. The van der Waals surface area contributed by atoms with E-state index in [9.17, 15) is 9.59 Å². The number of methoxy groups -OCH3 is 1. The SMILES string of the molecule is CCN(CC)CCn1nc(C(=O)Nc2ccc(OC)cc2)ccc1=O. The second kappa shape index (κ2) is 8.98. The van der Waals surface area contributed by atoms with E-state index in [2.05, 4.69) is 29.2 Å². The molecule has 0 saturated heterocycles. The molecule has 0 spiro atoms. The van der Waals surface area contributed by atoms with Gasteiger partial charge in [-0.15, -0.1) is 0 Å². The second-order valence-electron chi connectivity index (χ2n) is 5.49. The van der Waals surface area contributed by atoms with Gasteiger partial charge in [-0.3, -0.25) is 9.59 Å². The lowest BCUT2D eigenvalue weighted by atomic mass is 10.3. The summed E-state index contributed by atoms with van der Waals surface area (Å²) < 4.78 is 6.42. The molecule has 1 N–H and O–H groups in total. The molecule has 1 amide bonds. The summed E-state index contributed by atoms with van der Waals surface area (Å²) in [6, 6.07) is 9.82. The Balaban J connectivity index is 2.08. The van der Waals surface area contributed by atoms with Crippen molar-refractivity contribution in [2.24, 2.45) is 0 Å². The fraction of sp³-hybridized carbons (Fsp3) is 0.389. The number of hydrogen-bond acceptors (Lipinski definition) is 5. The Bertz CT molecular complexity index is 752. The van der Waals surface area contributed by atoms with Gasteiger partial charge < -0.3 is 15.0 Å². The molecule has 0 aliphatic heterocycles. The van der Waals surface area contributed by atoms with Crippen LogP contribution < -0.4 is 15.6 Å². The second-order valence-corrected chi connectivity index (χ2v) is 5.49. The van der Waals surface area contributed by atoms with Gasteiger partial charge in [0, 0.05) is 18.3 Å². The first kappa shape index (κ1) is 18.7. The van der Waals surface area contributed by atoms with Crippen molar-refractivity contribution in [3.8, 4) is 5.75 Å². The van der Waals surface area contributed by atoms with Crippen LogP contribution in [0.5, 0.6) is 5.75 Å². The van der Waals surface area contributed by atoms with Gasteiger partial charge in [0.05, 0.1) is 13.7 Å². The van der Waals surface area contributed by atoms with Crippen molar-refractivity contribution in [2.75, 3.05) is 32.1 Å². The number of nitrogens with zero attached hydrogens (tertiary/aromatic N) is 3. The summed E-state index contributed by atoms with van der Waals surface area (Å²) in [6.07, 6.45) is 0. The Labute approximate surface area is 147 Å². The van der Waals surface area contributed by atoms with Crippen LogP contribution in [0.15, 0.2) is 41.2 Å². The lowest BCUT2D eigenvalue weighted by molar-refractivity contribution is 0.101. The Morgan fingerprint density at radius 1 is 1.16 bits per heavy atom. The number of carbonyl (C=O) groups is 1. The van der Waals surface area contributed by atoms with E-state index in [4.69, 9.17) is 4.74 Å². The van der Waals surface area contributed by atoms with Crippen molar-refractivity contribution in [2.45, 2.75) is 20.4 Å². The molecule has 0 fully saturated rings. The fourth-order valence-corrected chi connectivity index (χ4v) is 2.38. The first-order valence-electron chi connectivity index (χ1n) is 8.33. The Morgan fingerprint density at radius 2 is 1.84 bits per heavy atom. The van der Waals surface area contributed by atoms with Crippen molar-refractivity contribution in [3.05, 3.63) is 52.4 Å². The Morgan fingerprint density at radius 3 is 2.44 bits per heavy atom. The number of likely N-dealkylation sites (N-methyl/N-ethyl adjacent to an activating group) is 1. The molecule has 7 nitrogen and oxygen atoms in total. The molecule has 0 aliphatic rings. The molecule has 7 heteroatoms. The maximum absolute atomic E-state index is 12.4. The van der Waals surface area contributed by atoms with E-state index < -0.39 is 0 Å². The number of hydrogen-bond donors (Lipinski definition) is 1. The Hall–Kier alpha value is -2.67. The monoisotopic (exact) mass is 344 g/mol. The van der Waals surface area contributed by atoms with Crippen molar-refractivity contribution in [1.82, 2.24) is 14.7 Å². The maximum Gasteiger partial charge on any atom is 0.276 e. The predicted octanol–water partition coefficient (Wildman–Crippen LogP) is 1.85. The van der Waals surface area contributed by atoms with Gasteiger partial charge in [0.15, 0.2) is 0 Å². The topological polar surface area (TPSA) is 76.5 Å². The van der Waals surface area contributed by atoms with Crippen LogP contribution in [0.25, 0.3) is 0 Å². The first-order chi connectivity index (χ1) is 12.1. The molecule has 0 radical (unpaired) electrons. The van der Waals surface area contributed by atoms with Gasteiger partial charge in [0.2, 0.25) is 0 Å². The number of aromatic nitrogens is 2. The number of benzene rings is 1. The fourth-order valence-electron chi connectivity index (χ4n) is 2.38. The van der Waals surface area contributed by atoms with Crippen LogP contribution in [0.2, 0.25) is 0 Å². The van der Waals surface area contributed by atoms with Gasteiger partial charge in [-0.25, -0.2) is 4.68 Å². The molecule has 0 atom stereocenters. The molecule has 2 aromatic rings. The number of amides is 1. The molecular formula is C18H24N4O3. The molecule has 1 aromatic carbocycles. The highest BCUT2D eigenvalue weighted by molar-refractivity contribution is 6.02. The van der Waals surface area contributed by atoms with Gasteiger partial charge in [-0.05, 0) is 43.4 Å². The van der Waals surface area contributed by atoms with Gasteiger partial charge in [0.25, 0.3) is 11.5 Å². The maximum atomic E-state index is 12.4. The largest absolute Gasteiger partial charge is 0.497 e. The minimum Gasteiger partial charge on any atom is -0.497 e. The number of rotatable bonds is 8. The van der Waals surface area contributed by atoms with Crippen LogP contribution in [0, 0.1) is 0 Å². The summed E-state index contributed by atoms with van der Waals surface area (Å²) in [5.41, 5.74) is 0.622. The third kappa shape index (κ3) is 5.15. The van der Waals surface area contributed by atoms with Crippen molar-refractivity contribution < 1.29 is 9.53 Å². The van der Waals surface area contributed by atoms with E-state index in [1.165, 1.54) is 16.8 Å². The molecule has 134 valence electrons. The number of nitrogens with one attached hydrogen (secondary N) is 1. The molecule has 0 aliphatic carbocycles. The van der Waals surface area contributed by atoms with Crippen molar-refractivity contribution >= 4 is 11.6 Å². The lowest BCUT2D eigenvalue weighted by Crippen LogP contribution is -2.33. The normalized spacial score (nSPS) is 10.7. The molecule has 0 saturated carbocycles. The van der Waals surface area contributed by atoms with E-state index in [0.717, 1.165) is 13.1 Å². The highest BCUT2D eigenvalue weighted by atomic mass is 16.5. The molecule has 2 rings (SSSR count). The zero-order valence-electron chi connectivity index (χ0n) is 14.9.